The van der Waals surface area contributed by atoms with Gasteiger partial charge in [0.25, 0.3) is 0 Å². The Morgan fingerprint density at radius 2 is 2.13 bits per heavy atom. The largest absolute Gasteiger partial charge is 0.464 e. The van der Waals surface area contributed by atoms with E-state index >= 15 is 0 Å². The second-order valence-corrected chi connectivity index (χ2v) is 2.79. The molecule has 0 aliphatic carbocycles. The maximum Gasteiger partial charge on any atom is 0.336 e. The average Bonchev–Trinajstić information content (AvgIpc) is 2.27. The van der Waals surface area contributed by atoms with Gasteiger partial charge in [0.05, 0.1) is 6.61 Å². The maximum absolute atomic E-state index is 11.4. The van der Waals surface area contributed by atoms with E-state index in [2.05, 4.69) is 4.99 Å². The lowest BCUT2D eigenvalue weighted by Gasteiger charge is -2.09. The number of hydrogen-bond acceptors (Lipinski definition) is 4. The second kappa shape index (κ2) is 5.73. The van der Waals surface area contributed by atoms with Gasteiger partial charge in [0.1, 0.15) is 0 Å². The Balaban J connectivity index is 2.93. The summed E-state index contributed by atoms with van der Waals surface area (Å²) in [4.78, 5) is 25.1. The first kappa shape index (κ1) is 11.1. The first-order valence-electron chi connectivity index (χ1n) is 4.58. The Kier molecular flexibility index (Phi) is 4.26. The number of benzene rings is 1. The summed E-state index contributed by atoms with van der Waals surface area (Å²) in [5, 5.41) is 0. The van der Waals surface area contributed by atoms with Crippen LogP contribution >= 0.6 is 0 Å². The van der Waals surface area contributed by atoms with Crippen LogP contribution in [0.15, 0.2) is 35.3 Å². The molecule has 1 aromatic rings. The van der Waals surface area contributed by atoms with E-state index < -0.39 is 12.0 Å². The summed E-state index contributed by atoms with van der Waals surface area (Å²) < 4.78 is 4.80. The molecule has 0 aliphatic rings. The summed E-state index contributed by atoms with van der Waals surface area (Å²) in [5.74, 6) is -0.535. The molecule has 0 heterocycles. The van der Waals surface area contributed by atoms with Crippen LogP contribution in [0.5, 0.6) is 0 Å². The van der Waals surface area contributed by atoms with Gasteiger partial charge in [-0.1, -0.05) is 30.3 Å². The number of nitrogens with zero attached hydrogens (tertiary/aromatic N) is 1. The molecule has 15 heavy (non-hydrogen) atoms. The molecule has 78 valence electrons. The van der Waals surface area contributed by atoms with Crippen molar-refractivity contribution in [1.29, 1.82) is 0 Å². The van der Waals surface area contributed by atoms with Gasteiger partial charge in [-0.2, -0.15) is 4.99 Å². The molecule has 0 spiro atoms. The Morgan fingerprint density at radius 1 is 1.47 bits per heavy atom. The van der Waals surface area contributed by atoms with Crippen LogP contribution in [0.1, 0.15) is 18.5 Å². The molecule has 0 N–H and O–H groups in total. The van der Waals surface area contributed by atoms with Gasteiger partial charge in [0.15, 0.2) is 6.04 Å². The summed E-state index contributed by atoms with van der Waals surface area (Å²) >= 11 is 0. The summed E-state index contributed by atoms with van der Waals surface area (Å²) in [6.45, 7) is 1.96. The molecule has 1 rings (SSSR count). The van der Waals surface area contributed by atoms with Crippen molar-refractivity contribution in [2.45, 2.75) is 13.0 Å². The van der Waals surface area contributed by atoms with Crippen LogP contribution in [0.4, 0.5) is 0 Å². The molecule has 0 radical (unpaired) electrons. The van der Waals surface area contributed by atoms with Crippen molar-refractivity contribution in [2.24, 2.45) is 4.99 Å². The van der Waals surface area contributed by atoms with Gasteiger partial charge in [-0.3, -0.25) is 0 Å². The monoisotopic (exact) mass is 205 g/mol. The van der Waals surface area contributed by atoms with E-state index in [0.717, 1.165) is 0 Å². The average molecular weight is 205 g/mol. The first-order chi connectivity index (χ1) is 7.29. The zero-order chi connectivity index (χ0) is 11.1. The summed E-state index contributed by atoms with van der Waals surface area (Å²) in [6, 6.07) is 7.87. The van der Waals surface area contributed by atoms with Crippen molar-refractivity contribution in [1.82, 2.24) is 0 Å². The highest BCUT2D eigenvalue weighted by atomic mass is 16.5. The van der Waals surface area contributed by atoms with Gasteiger partial charge in [0.2, 0.25) is 6.08 Å². The lowest BCUT2D eigenvalue weighted by Crippen LogP contribution is -2.14. The molecule has 4 nitrogen and oxygen atoms in total. The molecule has 0 fully saturated rings. The number of hydrogen-bond donors (Lipinski definition) is 0. The Morgan fingerprint density at radius 3 is 2.67 bits per heavy atom. The van der Waals surface area contributed by atoms with E-state index in [0.29, 0.717) is 5.56 Å². The van der Waals surface area contributed by atoms with Gasteiger partial charge in [0, 0.05) is 0 Å². The molecule has 0 saturated carbocycles. The van der Waals surface area contributed by atoms with Crippen LogP contribution in [-0.4, -0.2) is 18.7 Å². The lowest BCUT2D eigenvalue weighted by atomic mass is 10.1. The number of carbonyl (C=O) groups excluding carboxylic acids is 2. The zero-order valence-corrected chi connectivity index (χ0v) is 8.34. The molecule has 0 amide bonds. The van der Waals surface area contributed by atoms with Crippen molar-refractivity contribution in [3.8, 4) is 0 Å². The van der Waals surface area contributed by atoms with Gasteiger partial charge < -0.3 is 4.74 Å². The molecular formula is C11H11NO3. The third kappa shape index (κ3) is 3.04. The molecule has 1 unspecified atom stereocenters. The fourth-order valence-corrected chi connectivity index (χ4v) is 1.17. The van der Waals surface area contributed by atoms with Crippen molar-refractivity contribution in [2.75, 3.05) is 6.61 Å². The van der Waals surface area contributed by atoms with Crippen molar-refractivity contribution < 1.29 is 14.3 Å². The number of isocyanates is 1. The number of carbonyl (C=O) groups is 1. The maximum atomic E-state index is 11.4. The molecule has 1 atom stereocenters. The highest BCUT2D eigenvalue weighted by Gasteiger charge is 2.20. The summed E-state index contributed by atoms with van der Waals surface area (Å²) in [5.41, 5.74) is 0.624. The highest BCUT2D eigenvalue weighted by Crippen LogP contribution is 2.17. The fraction of sp³-hybridized carbons (Fsp3) is 0.273. The van der Waals surface area contributed by atoms with E-state index in [4.69, 9.17) is 4.74 Å². The number of aliphatic imine (C=N–C) groups is 1. The predicted molar refractivity (Wildman–Crippen MR) is 53.9 cm³/mol. The van der Waals surface area contributed by atoms with Crippen LogP contribution in [0.25, 0.3) is 0 Å². The van der Waals surface area contributed by atoms with Crippen LogP contribution in [0, 0.1) is 0 Å². The van der Waals surface area contributed by atoms with Gasteiger partial charge in [-0.15, -0.1) is 0 Å². The van der Waals surface area contributed by atoms with Gasteiger partial charge >= 0.3 is 5.97 Å². The zero-order valence-electron chi connectivity index (χ0n) is 8.34. The van der Waals surface area contributed by atoms with Gasteiger partial charge in [-0.25, -0.2) is 9.59 Å². The van der Waals surface area contributed by atoms with Crippen LogP contribution < -0.4 is 0 Å². The van der Waals surface area contributed by atoms with E-state index in [-0.39, 0.29) is 6.61 Å². The highest BCUT2D eigenvalue weighted by molar-refractivity contribution is 5.78. The number of rotatable bonds is 4. The molecule has 0 aromatic heterocycles. The standard InChI is InChI=1S/C11H11NO3/c1-2-15-11(14)10(12-8-13)9-6-4-3-5-7-9/h3-7,10H,2H2,1H3. The molecule has 0 saturated heterocycles. The molecule has 0 aliphatic heterocycles. The summed E-state index contributed by atoms with van der Waals surface area (Å²) in [6.07, 6.45) is 1.38. The number of ether oxygens (including phenoxy) is 1. The SMILES string of the molecule is CCOC(=O)C(N=C=O)c1ccccc1. The molecule has 4 heteroatoms. The first-order valence-corrected chi connectivity index (χ1v) is 4.58. The molecule has 1 aromatic carbocycles. The van der Waals surface area contributed by atoms with Crippen molar-refractivity contribution in [3.05, 3.63) is 35.9 Å². The van der Waals surface area contributed by atoms with E-state index in [1.165, 1.54) is 6.08 Å². The Bertz CT molecular complexity index is 369. The quantitative estimate of drug-likeness (QED) is 0.426. The number of esters is 1. The van der Waals surface area contributed by atoms with E-state index in [9.17, 15) is 9.59 Å². The van der Waals surface area contributed by atoms with Crippen molar-refractivity contribution >= 4 is 12.0 Å². The summed E-state index contributed by atoms with van der Waals surface area (Å²) in [7, 11) is 0. The minimum Gasteiger partial charge on any atom is -0.464 e. The third-order valence-electron chi connectivity index (χ3n) is 1.81. The fourth-order valence-electron chi connectivity index (χ4n) is 1.17. The van der Waals surface area contributed by atoms with Crippen LogP contribution in [-0.2, 0) is 14.3 Å². The smallest absolute Gasteiger partial charge is 0.336 e. The second-order valence-electron chi connectivity index (χ2n) is 2.79. The minimum atomic E-state index is -0.899. The Hall–Kier alpha value is -1.93. The van der Waals surface area contributed by atoms with Crippen LogP contribution in [0.3, 0.4) is 0 Å². The molecular weight excluding hydrogens is 194 g/mol. The van der Waals surface area contributed by atoms with E-state index in [1.807, 2.05) is 6.07 Å². The van der Waals surface area contributed by atoms with Crippen molar-refractivity contribution in [3.63, 3.8) is 0 Å². The minimum absolute atomic E-state index is 0.260. The lowest BCUT2D eigenvalue weighted by molar-refractivity contribution is -0.144. The van der Waals surface area contributed by atoms with E-state index in [1.54, 1.807) is 31.2 Å². The molecule has 0 bridgehead atoms. The Labute approximate surface area is 87.6 Å². The van der Waals surface area contributed by atoms with Crippen LogP contribution in [0.2, 0.25) is 0 Å². The predicted octanol–water partition coefficient (Wildman–Crippen LogP) is 1.63. The normalized spacial score (nSPS) is 11.3. The topological polar surface area (TPSA) is 55.7 Å². The van der Waals surface area contributed by atoms with Gasteiger partial charge in [-0.05, 0) is 12.5 Å². The third-order valence-corrected chi connectivity index (χ3v) is 1.81.